The van der Waals surface area contributed by atoms with Crippen molar-refractivity contribution in [3.05, 3.63) is 11.6 Å². The second-order valence-corrected chi connectivity index (χ2v) is 21.1. The molecule has 3 N–H and O–H groups in total. The zero-order valence-electron chi connectivity index (χ0n) is 38.4. The van der Waals surface area contributed by atoms with E-state index in [-0.39, 0.29) is 24.1 Å². The minimum Gasteiger partial charge on any atom is -0.463 e. The Hall–Kier alpha value is -0.990. The van der Waals surface area contributed by atoms with Crippen molar-refractivity contribution >= 4 is 5.97 Å². The molecule has 58 heavy (non-hydrogen) atoms. The number of hydrogen-bond donors (Lipinski definition) is 3. The quantitative estimate of drug-likeness (QED) is 0.0506. The first-order valence-electron chi connectivity index (χ1n) is 25.0. The molecule has 1 aliphatic heterocycles. The number of esters is 1. The highest BCUT2D eigenvalue weighted by Gasteiger charge is 2.59. The number of ether oxygens (including phenoxy) is 3. The van der Waals surface area contributed by atoms with Gasteiger partial charge in [0.05, 0.1) is 6.10 Å². The van der Waals surface area contributed by atoms with E-state index < -0.39 is 30.7 Å². The number of aliphatic hydroxyl groups excluding tert-OH is 3. The molecule has 0 spiro atoms. The molecular formula is C51H90O7. The molecule has 5 rings (SSSR count). The van der Waals surface area contributed by atoms with Gasteiger partial charge in [-0.2, -0.15) is 0 Å². The number of aliphatic hydroxyl groups is 3. The molecule has 1 saturated heterocycles. The first-order chi connectivity index (χ1) is 27.8. The molecule has 3 saturated carbocycles. The van der Waals surface area contributed by atoms with Gasteiger partial charge in [0.1, 0.15) is 31.0 Å². The van der Waals surface area contributed by atoms with E-state index in [1.165, 1.54) is 115 Å². The fourth-order valence-corrected chi connectivity index (χ4v) is 13.3. The van der Waals surface area contributed by atoms with E-state index in [2.05, 4.69) is 54.5 Å². The molecule has 0 amide bonds. The van der Waals surface area contributed by atoms with Crippen LogP contribution in [-0.4, -0.2) is 64.7 Å². The van der Waals surface area contributed by atoms with Gasteiger partial charge in [0, 0.05) is 6.42 Å². The molecule has 0 aromatic rings. The van der Waals surface area contributed by atoms with Crippen molar-refractivity contribution in [3.63, 3.8) is 0 Å². The number of carbonyl (C=O) groups excluding carboxylic acids is 1. The van der Waals surface area contributed by atoms with Crippen molar-refractivity contribution in [2.75, 3.05) is 6.61 Å². The lowest BCUT2D eigenvalue weighted by atomic mass is 9.47. The molecule has 0 radical (unpaired) electrons. The van der Waals surface area contributed by atoms with E-state index in [4.69, 9.17) is 14.2 Å². The zero-order valence-corrected chi connectivity index (χ0v) is 38.4. The first-order valence-corrected chi connectivity index (χ1v) is 25.0. The molecule has 4 aliphatic carbocycles. The molecule has 4 fully saturated rings. The van der Waals surface area contributed by atoms with Crippen molar-refractivity contribution in [1.29, 1.82) is 0 Å². The summed E-state index contributed by atoms with van der Waals surface area (Å²) in [5, 5.41) is 32.5. The summed E-state index contributed by atoms with van der Waals surface area (Å²) in [4.78, 5) is 12.6. The van der Waals surface area contributed by atoms with Crippen LogP contribution in [-0.2, 0) is 19.0 Å². The molecule has 1 heterocycles. The second-order valence-electron chi connectivity index (χ2n) is 21.1. The summed E-state index contributed by atoms with van der Waals surface area (Å²) < 4.78 is 18.0. The van der Waals surface area contributed by atoms with E-state index >= 15 is 0 Å². The Morgan fingerprint density at radius 2 is 1.45 bits per heavy atom. The lowest BCUT2D eigenvalue weighted by Gasteiger charge is -2.58. The Balaban J connectivity index is 1.04. The summed E-state index contributed by atoms with van der Waals surface area (Å²) in [6, 6.07) is 0. The van der Waals surface area contributed by atoms with Crippen molar-refractivity contribution < 1.29 is 34.3 Å². The molecule has 0 aromatic heterocycles. The summed E-state index contributed by atoms with van der Waals surface area (Å²) in [6.45, 7) is 17.0. The summed E-state index contributed by atoms with van der Waals surface area (Å²) in [5.74, 6) is 5.24. The van der Waals surface area contributed by atoms with Crippen molar-refractivity contribution in [2.24, 2.45) is 52.3 Å². The summed E-state index contributed by atoms with van der Waals surface area (Å²) in [7, 11) is 0. The van der Waals surface area contributed by atoms with Gasteiger partial charge >= 0.3 is 5.97 Å². The van der Waals surface area contributed by atoms with Crippen molar-refractivity contribution in [1.82, 2.24) is 0 Å². The minimum absolute atomic E-state index is 0.139. The van der Waals surface area contributed by atoms with Crippen LogP contribution in [0.25, 0.3) is 0 Å². The molecule has 7 heteroatoms. The monoisotopic (exact) mass is 815 g/mol. The second kappa shape index (κ2) is 22.9. The molecule has 5 aliphatic rings. The molecule has 336 valence electrons. The average Bonchev–Trinajstić information content (AvgIpc) is 3.56. The van der Waals surface area contributed by atoms with Crippen molar-refractivity contribution in [3.8, 4) is 0 Å². The fraction of sp³-hybridized carbons (Fsp3) is 0.941. The Bertz CT molecular complexity index is 1250. The van der Waals surface area contributed by atoms with Gasteiger partial charge < -0.3 is 29.5 Å². The third-order valence-corrected chi connectivity index (χ3v) is 17.2. The van der Waals surface area contributed by atoms with Crippen LogP contribution in [0.2, 0.25) is 0 Å². The number of allylic oxidation sites excluding steroid dienone is 1. The van der Waals surface area contributed by atoms with Gasteiger partial charge in [-0.15, -0.1) is 0 Å². The van der Waals surface area contributed by atoms with Gasteiger partial charge in [-0.25, -0.2) is 0 Å². The Kier molecular flexibility index (Phi) is 19.0. The summed E-state index contributed by atoms with van der Waals surface area (Å²) in [6.07, 6.45) is 26.1. The third-order valence-electron chi connectivity index (χ3n) is 17.2. The normalized spacial score (nSPS) is 37.1. The minimum atomic E-state index is -1.44. The van der Waals surface area contributed by atoms with Crippen LogP contribution in [0, 0.1) is 52.3 Å². The summed E-state index contributed by atoms with van der Waals surface area (Å²) in [5.41, 5.74) is 2.13. The molecule has 7 nitrogen and oxygen atoms in total. The fourth-order valence-electron chi connectivity index (χ4n) is 13.3. The Morgan fingerprint density at radius 3 is 2.09 bits per heavy atom. The highest BCUT2D eigenvalue weighted by atomic mass is 16.7. The Labute approximate surface area is 355 Å². The maximum absolute atomic E-state index is 12.6. The lowest BCUT2D eigenvalue weighted by Crippen LogP contribution is -2.60. The molecular weight excluding hydrogens is 725 g/mol. The van der Waals surface area contributed by atoms with Gasteiger partial charge in [0.15, 0.2) is 6.29 Å². The van der Waals surface area contributed by atoms with Crippen LogP contribution in [0.15, 0.2) is 11.6 Å². The molecule has 14 atom stereocenters. The predicted octanol–water partition coefficient (Wildman–Crippen LogP) is 11.9. The van der Waals surface area contributed by atoms with E-state index in [1.54, 1.807) is 0 Å². The topological polar surface area (TPSA) is 105 Å². The standard InChI is InChI=1S/C51H90O7/c1-8-10-11-12-13-14-15-16-17-18-19-20-21-22-45(52)56-34-44-46(53)47(54)48(55)49(58-44)57-39-29-31-50(6)38(33-39)25-26-40-42-28-27-41(51(42,7)32-30-43(40)50)36(5)23-24-37(9-2)35(3)4/h25,35-37,39-44,46-49,53-55H,8-24,26-34H2,1-7H3/t36-,37-,39+,40+,41-,42+,43+,44-,46-,47+,48-,49-,50+,51-/m1/s1. The largest absolute Gasteiger partial charge is 0.463 e. The SMILES string of the molecule is CCCCCCCCCCCCCCCC(=O)OC[C@H]1O[C@@H](O[C@H]2CC[C@@]3(C)C(=CC[C@H]4[C@@H]5CC[C@H]([C@H](C)CC[C@@H](CC)C(C)C)[C@@]5(C)CC[C@@H]43)C2)[C@H](O)[C@@H](O)[C@@H]1O. The number of unbranched alkanes of at least 4 members (excludes halogenated alkanes) is 12. The van der Waals surface area contributed by atoms with Gasteiger partial charge in [-0.05, 0) is 116 Å². The Morgan fingerprint density at radius 1 is 0.793 bits per heavy atom. The highest BCUT2D eigenvalue weighted by Crippen LogP contribution is 2.67. The zero-order chi connectivity index (χ0) is 41.9. The van der Waals surface area contributed by atoms with E-state index in [9.17, 15) is 20.1 Å². The maximum atomic E-state index is 12.6. The van der Waals surface area contributed by atoms with Gasteiger partial charge in [0.2, 0.25) is 0 Å². The number of carbonyl (C=O) groups is 1. The average molecular weight is 815 g/mol. The molecule has 0 unspecified atom stereocenters. The predicted molar refractivity (Wildman–Crippen MR) is 235 cm³/mol. The van der Waals surface area contributed by atoms with Crippen LogP contribution >= 0.6 is 0 Å². The van der Waals surface area contributed by atoms with Crippen LogP contribution in [0.4, 0.5) is 0 Å². The van der Waals surface area contributed by atoms with Gasteiger partial charge in [-0.1, -0.05) is 150 Å². The van der Waals surface area contributed by atoms with Crippen LogP contribution < -0.4 is 0 Å². The van der Waals surface area contributed by atoms with E-state index in [0.29, 0.717) is 17.8 Å². The summed E-state index contributed by atoms with van der Waals surface area (Å²) >= 11 is 0. The van der Waals surface area contributed by atoms with Crippen LogP contribution in [0.5, 0.6) is 0 Å². The van der Waals surface area contributed by atoms with Gasteiger partial charge in [0.25, 0.3) is 0 Å². The molecule has 0 aromatic carbocycles. The number of hydrogen-bond acceptors (Lipinski definition) is 7. The van der Waals surface area contributed by atoms with Crippen LogP contribution in [0.3, 0.4) is 0 Å². The van der Waals surface area contributed by atoms with Crippen molar-refractivity contribution in [2.45, 2.75) is 246 Å². The van der Waals surface area contributed by atoms with Gasteiger partial charge in [-0.3, -0.25) is 4.79 Å². The highest BCUT2D eigenvalue weighted by molar-refractivity contribution is 5.69. The lowest BCUT2D eigenvalue weighted by molar-refractivity contribution is -0.313. The molecule has 0 bridgehead atoms. The number of fused-ring (bicyclic) bond motifs is 5. The smallest absolute Gasteiger partial charge is 0.305 e. The third kappa shape index (κ3) is 11.9. The number of rotatable bonds is 24. The first kappa shape index (κ1) is 48.0. The van der Waals surface area contributed by atoms with Crippen LogP contribution in [0.1, 0.15) is 209 Å². The van der Waals surface area contributed by atoms with E-state index in [0.717, 1.165) is 80.5 Å². The van der Waals surface area contributed by atoms with E-state index in [1.807, 2.05) is 0 Å². The maximum Gasteiger partial charge on any atom is 0.305 e.